The molecule has 10 heteroatoms. The zero-order valence-electron chi connectivity index (χ0n) is 16.8. The molecule has 0 unspecified atom stereocenters. The molecule has 0 spiro atoms. The first kappa shape index (κ1) is 25.9. The average molecular weight is 507 g/mol. The van der Waals surface area contributed by atoms with Crippen LogP contribution in [0.4, 0.5) is 10.5 Å². The number of aliphatic imine (C=N–C) groups is 1. The van der Waals surface area contributed by atoms with E-state index in [1.807, 2.05) is 27.7 Å². The summed E-state index contributed by atoms with van der Waals surface area (Å²) in [7, 11) is 0. The summed E-state index contributed by atoms with van der Waals surface area (Å²) in [6.07, 6.45) is 0.231. The number of guanidine groups is 1. The first-order valence-electron chi connectivity index (χ1n) is 8.94. The van der Waals surface area contributed by atoms with E-state index in [2.05, 4.69) is 20.9 Å². The Morgan fingerprint density at radius 2 is 1.82 bits per heavy atom. The number of nitrogens with one attached hydrogen (secondary N) is 3. The maximum absolute atomic E-state index is 11.6. The van der Waals surface area contributed by atoms with Crippen molar-refractivity contribution in [3.8, 4) is 0 Å². The standard InChI is InChI=1S/C18H29N5O4.HI/c1-5-19-16(20-11-8-12-21-17(24)27-18(2,3)4)22-13-14-9-6-7-10-15(14)23(25)26;/h6-7,9-10H,5,8,11-13H2,1-4H3,(H,21,24)(H2,19,20,22);1H. The first-order valence-corrected chi connectivity index (χ1v) is 8.94. The number of nitrogens with zero attached hydrogens (tertiary/aromatic N) is 2. The van der Waals surface area contributed by atoms with Gasteiger partial charge in [0.2, 0.25) is 0 Å². The molecule has 158 valence electrons. The molecular formula is C18H30IN5O4. The van der Waals surface area contributed by atoms with Crippen LogP contribution in [0, 0.1) is 10.1 Å². The normalized spacial score (nSPS) is 11.2. The Balaban J connectivity index is 0.00000729. The van der Waals surface area contributed by atoms with Gasteiger partial charge in [0.25, 0.3) is 5.69 Å². The highest BCUT2D eigenvalue weighted by molar-refractivity contribution is 14.0. The number of nitro groups is 1. The zero-order chi connectivity index (χ0) is 20.3. The molecule has 1 aromatic rings. The van der Waals surface area contributed by atoms with E-state index in [0.29, 0.717) is 37.6 Å². The van der Waals surface area contributed by atoms with Gasteiger partial charge in [-0.2, -0.15) is 0 Å². The summed E-state index contributed by atoms with van der Waals surface area (Å²) in [6, 6.07) is 6.54. The second kappa shape index (κ2) is 13.1. The molecule has 0 aliphatic carbocycles. The largest absolute Gasteiger partial charge is 0.444 e. The molecule has 1 amide bonds. The Labute approximate surface area is 182 Å². The molecule has 0 saturated carbocycles. The van der Waals surface area contributed by atoms with Gasteiger partial charge in [0.1, 0.15) is 5.60 Å². The van der Waals surface area contributed by atoms with Gasteiger partial charge in [-0.15, -0.1) is 24.0 Å². The highest BCUT2D eigenvalue weighted by atomic mass is 127. The fourth-order valence-corrected chi connectivity index (χ4v) is 2.13. The van der Waals surface area contributed by atoms with E-state index in [-0.39, 0.29) is 36.2 Å². The van der Waals surface area contributed by atoms with Gasteiger partial charge in [0.05, 0.1) is 17.0 Å². The minimum atomic E-state index is -0.521. The van der Waals surface area contributed by atoms with Gasteiger partial charge in [-0.3, -0.25) is 10.1 Å². The van der Waals surface area contributed by atoms with Crippen molar-refractivity contribution in [1.29, 1.82) is 0 Å². The van der Waals surface area contributed by atoms with E-state index in [9.17, 15) is 14.9 Å². The van der Waals surface area contributed by atoms with Crippen molar-refractivity contribution in [3.63, 3.8) is 0 Å². The van der Waals surface area contributed by atoms with Crippen LogP contribution in [0.3, 0.4) is 0 Å². The SMILES string of the molecule is CCNC(=NCc1ccccc1[N+](=O)[O-])NCCCNC(=O)OC(C)(C)C.I. The van der Waals surface area contributed by atoms with Gasteiger partial charge in [0.15, 0.2) is 5.96 Å². The maximum atomic E-state index is 11.6. The van der Waals surface area contributed by atoms with E-state index < -0.39 is 16.6 Å². The maximum Gasteiger partial charge on any atom is 0.407 e. The molecule has 0 heterocycles. The molecule has 0 aromatic heterocycles. The molecule has 0 radical (unpaired) electrons. The molecule has 0 bridgehead atoms. The number of alkyl carbamates (subject to hydrolysis) is 1. The number of amides is 1. The third kappa shape index (κ3) is 10.9. The number of rotatable bonds is 8. The molecule has 0 saturated heterocycles. The smallest absolute Gasteiger partial charge is 0.407 e. The fraction of sp³-hybridized carbons (Fsp3) is 0.556. The number of halogens is 1. The zero-order valence-corrected chi connectivity index (χ0v) is 19.1. The predicted octanol–water partition coefficient (Wildman–Crippen LogP) is 3.18. The molecule has 1 aromatic carbocycles. The highest BCUT2D eigenvalue weighted by Crippen LogP contribution is 2.18. The Morgan fingerprint density at radius 3 is 2.43 bits per heavy atom. The van der Waals surface area contributed by atoms with E-state index in [0.717, 1.165) is 0 Å². The lowest BCUT2D eigenvalue weighted by molar-refractivity contribution is -0.385. The van der Waals surface area contributed by atoms with E-state index in [4.69, 9.17) is 4.74 Å². The third-order valence-electron chi connectivity index (χ3n) is 3.25. The van der Waals surface area contributed by atoms with Gasteiger partial charge < -0.3 is 20.7 Å². The fourth-order valence-electron chi connectivity index (χ4n) is 2.13. The number of nitro benzene ring substituents is 1. The van der Waals surface area contributed by atoms with Gasteiger partial charge in [-0.05, 0) is 34.1 Å². The molecule has 28 heavy (non-hydrogen) atoms. The van der Waals surface area contributed by atoms with Crippen molar-refractivity contribution in [2.75, 3.05) is 19.6 Å². The van der Waals surface area contributed by atoms with E-state index in [1.54, 1.807) is 18.2 Å². The number of hydrogen-bond acceptors (Lipinski definition) is 5. The van der Waals surface area contributed by atoms with Crippen molar-refractivity contribution in [2.24, 2.45) is 4.99 Å². The number of carbonyl (C=O) groups excluding carboxylic acids is 1. The van der Waals surface area contributed by atoms with Crippen LogP contribution in [-0.4, -0.2) is 42.2 Å². The molecule has 0 fully saturated rings. The number of benzene rings is 1. The third-order valence-corrected chi connectivity index (χ3v) is 3.25. The molecular weight excluding hydrogens is 477 g/mol. The summed E-state index contributed by atoms with van der Waals surface area (Å²) in [4.78, 5) is 26.6. The summed E-state index contributed by atoms with van der Waals surface area (Å²) >= 11 is 0. The van der Waals surface area contributed by atoms with Crippen LogP contribution in [0.2, 0.25) is 0 Å². The van der Waals surface area contributed by atoms with Crippen molar-refractivity contribution < 1.29 is 14.5 Å². The topological polar surface area (TPSA) is 118 Å². The minimum Gasteiger partial charge on any atom is -0.444 e. The summed E-state index contributed by atoms with van der Waals surface area (Å²) in [5, 5.41) is 20.0. The summed E-state index contributed by atoms with van der Waals surface area (Å²) in [5.41, 5.74) is 0.0812. The summed E-state index contributed by atoms with van der Waals surface area (Å²) in [5.74, 6) is 0.563. The van der Waals surface area contributed by atoms with Crippen molar-refractivity contribution >= 4 is 41.7 Å². The van der Waals surface area contributed by atoms with Gasteiger partial charge in [-0.1, -0.05) is 18.2 Å². The lowest BCUT2D eigenvalue weighted by Gasteiger charge is -2.19. The van der Waals surface area contributed by atoms with Crippen LogP contribution >= 0.6 is 24.0 Å². The highest BCUT2D eigenvalue weighted by Gasteiger charge is 2.15. The molecule has 1 rings (SSSR count). The van der Waals surface area contributed by atoms with E-state index >= 15 is 0 Å². The molecule has 0 aliphatic heterocycles. The van der Waals surface area contributed by atoms with Crippen LogP contribution in [-0.2, 0) is 11.3 Å². The Kier molecular flexibility index (Phi) is 12.1. The Bertz CT molecular complexity index is 662. The van der Waals surface area contributed by atoms with Crippen LogP contribution in [0.1, 0.15) is 39.7 Å². The Morgan fingerprint density at radius 1 is 1.18 bits per heavy atom. The molecule has 9 nitrogen and oxygen atoms in total. The molecule has 3 N–H and O–H groups in total. The van der Waals surface area contributed by atoms with Crippen LogP contribution < -0.4 is 16.0 Å². The van der Waals surface area contributed by atoms with Crippen molar-refractivity contribution in [3.05, 3.63) is 39.9 Å². The summed E-state index contributed by atoms with van der Waals surface area (Å²) in [6.45, 7) is 9.27. The predicted molar refractivity (Wildman–Crippen MR) is 120 cm³/mol. The number of hydrogen-bond donors (Lipinski definition) is 3. The van der Waals surface area contributed by atoms with Gasteiger partial charge in [0, 0.05) is 25.7 Å². The monoisotopic (exact) mass is 507 g/mol. The summed E-state index contributed by atoms with van der Waals surface area (Å²) < 4.78 is 5.16. The van der Waals surface area contributed by atoms with Gasteiger partial charge in [-0.25, -0.2) is 9.79 Å². The lowest BCUT2D eigenvalue weighted by atomic mass is 10.2. The van der Waals surface area contributed by atoms with Crippen molar-refractivity contribution in [2.45, 2.75) is 46.3 Å². The quantitative estimate of drug-likeness (QED) is 0.124. The Hall–Kier alpha value is -2.11. The minimum absolute atomic E-state index is 0. The molecule has 0 atom stereocenters. The van der Waals surface area contributed by atoms with Gasteiger partial charge >= 0.3 is 6.09 Å². The second-order valence-electron chi connectivity index (χ2n) is 6.79. The molecule has 0 aliphatic rings. The number of carbonyl (C=O) groups is 1. The van der Waals surface area contributed by atoms with Crippen molar-refractivity contribution in [1.82, 2.24) is 16.0 Å². The van der Waals surface area contributed by atoms with Crippen LogP contribution in [0.25, 0.3) is 0 Å². The second-order valence-corrected chi connectivity index (χ2v) is 6.79. The lowest BCUT2D eigenvalue weighted by Crippen LogP contribution is -2.39. The average Bonchev–Trinajstić information content (AvgIpc) is 2.57. The van der Waals surface area contributed by atoms with Crippen LogP contribution in [0.5, 0.6) is 0 Å². The van der Waals surface area contributed by atoms with E-state index in [1.165, 1.54) is 6.07 Å². The van der Waals surface area contributed by atoms with Crippen LogP contribution in [0.15, 0.2) is 29.3 Å². The number of para-hydroxylation sites is 1. The first-order chi connectivity index (χ1) is 12.7. The number of ether oxygens (including phenoxy) is 1.